The van der Waals surface area contributed by atoms with Crippen molar-refractivity contribution >= 4 is 17.8 Å². The topological polar surface area (TPSA) is 116 Å². The lowest BCUT2D eigenvalue weighted by Gasteiger charge is -2.14. The summed E-state index contributed by atoms with van der Waals surface area (Å²) in [5.41, 5.74) is 2.12. The van der Waals surface area contributed by atoms with Gasteiger partial charge >= 0.3 is 11.9 Å². The summed E-state index contributed by atoms with van der Waals surface area (Å²) in [6.07, 6.45) is -1.02. The average Bonchev–Trinajstić information content (AvgIpc) is 3.29. The van der Waals surface area contributed by atoms with Crippen LogP contribution in [0.3, 0.4) is 0 Å². The predicted molar refractivity (Wildman–Crippen MR) is 106 cm³/mol. The fourth-order valence-electron chi connectivity index (χ4n) is 3.12. The number of aromatic amines is 1. The number of fused-ring (bicyclic) bond motifs is 1. The number of hydrogen-bond acceptors (Lipinski definition) is 7. The molecule has 3 rings (SSSR count). The van der Waals surface area contributed by atoms with Gasteiger partial charge in [0.1, 0.15) is 5.69 Å². The van der Waals surface area contributed by atoms with E-state index in [-0.39, 0.29) is 31.2 Å². The molecule has 9 nitrogen and oxygen atoms in total. The van der Waals surface area contributed by atoms with E-state index in [1.807, 2.05) is 6.07 Å². The molecule has 9 heteroatoms. The van der Waals surface area contributed by atoms with E-state index in [1.54, 1.807) is 32.9 Å². The van der Waals surface area contributed by atoms with Crippen LogP contribution >= 0.6 is 0 Å². The molecule has 1 unspecified atom stereocenters. The van der Waals surface area contributed by atoms with Crippen molar-refractivity contribution in [3.8, 4) is 11.5 Å². The standard InChI is InChI=1S/C21H24N2O7/c1-5-27-21(26)18-11(2)17(12(3)23-18)20(25)30-13(4)19(24)22-9-14-6-7-15-16(8-14)29-10-28-15/h6-8,13,23H,5,9-10H2,1-4H3,(H,22,24). The normalized spacial score (nSPS) is 12.9. The summed E-state index contributed by atoms with van der Waals surface area (Å²) in [6, 6.07) is 5.36. The van der Waals surface area contributed by atoms with Crippen molar-refractivity contribution in [2.24, 2.45) is 0 Å². The zero-order chi connectivity index (χ0) is 21.8. The Balaban J connectivity index is 1.60. The zero-order valence-corrected chi connectivity index (χ0v) is 17.3. The van der Waals surface area contributed by atoms with Crippen LogP contribution < -0.4 is 14.8 Å². The maximum atomic E-state index is 12.6. The lowest BCUT2D eigenvalue weighted by molar-refractivity contribution is -0.129. The van der Waals surface area contributed by atoms with Crippen molar-refractivity contribution < 1.29 is 33.3 Å². The van der Waals surface area contributed by atoms with Crippen molar-refractivity contribution in [1.82, 2.24) is 10.3 Å². The first-order valence-corrected chi connectivity index (χ1v) is 9.55. The SMILES string of the molecule is CCOC(=O)c1[nH]c(C)c(C(=O)OC(C)C(=O)NCc2ccc3c(c2)OCO3)c1C. The van der Waals surface area contributed by atoms with Crippen molar-refractivity contribution in [1.29, 1.82) is 0 Å². The first-order chi connectivity index (χ1) is 14.3. The average molecular weight is 416 g/mol. The van der Waals surface area contributed by atoms with E-state index in [9.17, 15) is 14.4 Å². The first-order valence-electron chi connectivity index (χ1n) is 9.55. The van der Waals surface area contributed by atoms with Gasteiger partial charge in [-0.25, -0.2) is 9.59 Å². The van der Waals surface area contributed by atoms with Crippen LogP contribution in [0.15, 0.2) is 18.2 Å². The molecule has 0 fully saturated rings. The van der Waals surface area contributed by atoms with Crippen LogP contribution in [0.2, 0.25) is 0 Å². The van der Waals surface area contributed by atoms with E-state index in [4.69, 9.17) is 18.9 Å². The van der Waals surface area contributed by atoms with E-state index < -0.39 is 23.9 Å². The highest BCUT2D eigenvalue weighted by Crippen LogP contribution is 2.32. The molecule has 2 heterocycles. The predicted octanol–water partition coefficient (Wildman–Crippen LogP) is 2.40. The van der Waals surface area contributed by atoms with Crippen LogP contribution in [-0.4, -0.2) is 42.3 Å². The van der Waals surface area contributed by atoms with Gasteiger partial charge in [0.05, 0.1) is 12.2 Å². The Labute approximate surface area is 173 Å². The Bertz CT molecular complexity index is 980. The van der Waals surface area contributed by atoms with Gasteiger partial charge in [0.15, 0.2) is 17.6 Å². The molecule has 30 heavy (non-hydrogen) atoms. The van der Waals surface area contributed by atoms with Gasteiger partial charge in [-0.05, 0) is 51.0 Å². The monoisotopic (exact) mass is 416 g/mol. The lowest BCUT2D eigenvalue weighted by Crippen LogP contribution is -2.35. The van der Waals surface area contributed by atoms with Crippen molar-refractivity contribution in [2.45, 2.75) is 40.3 Å². The van der Waals surface area contributed by atoms with E-state index in [2.05, 4.69) is 10.3 Å². The maximum absolute atomic E-state index is 12.6. The fourth-order valence-corrected chi connectivity index (χ4v) is 3.12. The van der Waals surface area contributed by atoms with Gasteiger partial charge in [0.25, 0.3) is 5.91 Å². The number of ether oxygens (including phenoxy) is 4. The van der Waals surface area contributed by atoms with Gasteiger partial charge in [-0.3, -0.25) is 4.79 Å². The third-order valence-corrected chi connectivity index (χ3v) is 4.68. The number of rotatable bonds is 7. The Kier molecular flexibility index (Phi) is 6.29. The van der Waals surface area contributed by atoms with Crippen LogP contribution in [0.25, 0.3) is 0 Å². The molecule has 0 saturated carbocycles. The van der Waals surface area contributed by atoms with E-state index in [0.29, 0.717) is 22.8 Å². The molecule has 2 N–H and O–H groups in total. The van der Waals surface area contributed by atoms with Crippen molar-refractivity contribution in [3.63, 3.8) is 0 Å². The van der Waals surface area contributed by atoms with Gasteiger partial charge in [-0.1, -0.05) is 6.07 Å². The number of carbonyl (C=O) groups is 3. The van der Waals surface area contributed by atoms with Crippen LogP contribution in [-0.2, 0) is 20.8 Å². The molecule has 0 saturated heterocycles. The Morgan fingerprint density at radius 2 is 1.90 bits per heavy atom. The summed E-state index contributed by atoms with van der Waals surface area (Å²) < 4.78 is 20.8. The molecule has 160 valence electrons. The zero-order valence-electron chi connectivity index (χ0n) is 17.3. The van der Waals surface area contributed by atoms with Gasteiger partial charge in [0, 0.05) is 12.2 Å². The fraction of sp³-hybridized carbons (Fsp3) is 0.381. The summed E-state index contributed by atoms with van der Waals surface area (Å²) in [7, 11) is 0. The largest absolute Gasteiger partial charge is 0.461 e. The molecule has 0 aliphatic carbocycles. The summed E-state index contributed by atoms with van der Waals surface area (Å²) in [5, 5.41) is 2.72. The number of esters is 2. The molecule has 0 radical (unpaired) electrons. The third-order valence-electron chi connectivity index (χ3n) is 4.68. The molecular weight excluding hydrogens is 392 g/mol. The summed E-state index contributed by atoms with van der Waals surface area (Å²) in [5.74, 6) is -0.407. The molecule has 1 aliphatic heterocycles. The number of aryl methyl sites for hydroxylation is 1. The van der Waals surface area contributed by atoms with Crippen LogP contribution in [0.4, 0.5) is 0 Å². The summed E-state index contributed by atoms with van der Waals surface area (Å²) in [4.78, 5) is 39.8. The lowest BCUT2D eigenvalue weighted by atomic mass is 10.1. The second kappa shape index (κ2) is 8.89. The molecule has 0 spiro atoms. The second-order valence-corrected chi connectivity index (χ2v) is 6.80. The Morgan fingerprint density at radius 1 is 1.17 bits per heavy atom. The summed E-state index contributed by atoms with van der Waals surface area (Å²) in [6.45, 7) is 7.09. The Morgan fingerprint density at radius 3 is 2.63 bits per heavy atom. The number of amides is 1. The van der Waals surface area contributed by atoms with Gasteiger partial charge in [-0.15, -0.1) is 0 Å². The minimum atomic E-state index is -1.02. The first kappa shape index (κ1) is 21.2. The molecule has 1 aromatic heterocycles. The molecule has 1 amide bonds. The highest BCUT2D eigenvalue weighted by atomic mass is 16.7. The molecule has 2 aromatic rings. The second-order valence-electron chi connectivity index (χ2n) is 6.80. The molecule has 0 bridgehead atoms. The summed E-state index contributed by atoms with van der Waals surface area (Å²) >= 11 is 0. The van der Waals surface area contributed by atoms with Gasteiger partial charge < -0.3 is 29.2 Å². The van der Waals surface area contributed by atoms with Gasteiger partial charge in [0.2, 0.25) is 6.79 Å². The van der Waals surface area contributed by atoms with E-state index in [1.165, 1.54) is 6.92 Å². The highest BCUT2D eigenvalue weighted by Gasteiger charge is 2.26. The van der Waals surface area contributed by atoms with Crippen molar-refractivity contribution in [2.75, 3.05) is 13.4 Å². The number of carbonyl (C=O) groups excluding carboxylic acids is 3. The third kappa shape index (κ3) is 4.40. The maximum Gasteiger partial charge on any atom is 0.355 e. The number of H-pyrrole nitrogens is 1. The van der Waals surface area contributed by atoms with E-state index in [0.717, 1.165) is 5.56 Å². The van der Waals surface area contributed by atoms with Crippen LogP contribution in [0.1, 0.15) is 51.5 Å². The minimum Gasteiger partial charge on any atom is -0.461 e. The number of benzene rings is 1. The number of aromatic nitrogens is 1. The molecular formula is C21H24N2O7. The Hall–Kier alpha value is -3.49. The molecule has 1 atom stereocenters. The van der Waals surface area contributed by atoms with Crippen LogP contribution in [0.5, 0.6) is 11.5 Å². The number of nitrogens with one attached hydrogen (secondary N) is 2. The quantitative estimate of drug-likeness (QED) is 0.666. The smallest absolute Gasteiger partial charge is 0.355 e. The van der Waals surface area contributed by atoms with E-state index >= 15 is 0 Å². The highest BCUT2D eigenvalue weighted by molar-refractivity contribution is 5.99. The number of hydrogen-bond donors (Lipinski definition) is 2. The molecule has 1 aromatic carbocycles. The minimum absolute atomic E-state index is 0.175. The van der Waals surface area contributed by atoms with Crippen LogP contribution in [0, 0.1) is 13.8 Å². The molecule has 1 aliphatic rings. The van der Waals surface area contributed by atoms with Crippen molar-refractivity contribution in [3.05, 3.63) is 46.3 Å². The van der Waals surface area contributed by atoms with Gasteiger partial charge in [-0.2, -0.15) is 0 Å².